The Morgan fingerprint density at radius 3 is 2.48 bits per heavy atom. The van der Waals surface area contributed by atoms with E-state index in [2.05, 4.69) is 11.9 Å². The molecule has 0 spiro atoms. The van der Waals surface area contributed by atoms with Gasteiger partial charge in [-0.2, -0.15) is 13.2 Å². The molecule has 2 aromatic rings. The zero-order valence-electron chi connectivity index (χ0n) is 24.2. The van der Waals surface area contributed by atoms with Crippen LogP contribution in [0, 0.1) is 11.8 Å². The van der Waals surface area contributed by atoms with Gasteiger partial charge in [-0.05, 0) is 68.4 Å². The Morgan fingerprint density at radius 1 is 1.17 bits per heavy atom. The second-order valence-corrected chi connectivity index (χ2v) is 11.1. The Labute approximate surface area is 243 Å². The van der Waals surface area contributed by atoms with Crippen molar-refractivity contribution in [2.45, 2.75) is 58.3 Å². The van der Waals surface area contributed by atoms with Gasteiger partial charge in [-0.25, -0.2) is 9.78 Å². The average Bonchev–Trinajstić information content (AvgIpc) is 2.95. The van der Waals surface area contributed by atoms with E-state index in [0.29, 0.717) is 50.6 Å². The summed E-state index contributed by atoms with van der Waals surface area (Å²) in [5.74, 6) is -2.11. The largest absolute Gasteiger partial charge is 0.478 e. The first-order valence-corrected chi connectivity index (χ1v) is 14.2. The second-order valence-electron chi connectivity index (χ2n) is 11.1. The van der Waals surface area contributed by atoms with Crippen molar-refractivity contribution in [3.05, 3.63) is 47.2 Å². The lowest BCUT2D eigenvalue weighted by molar-refractivity contribution is -0.139. The van der Waals surface area contributed by atoms with Crippen LogP contribution in [-0.4, -0.2) is 72.9 Å². The van der Waals surface area contributed by atoms with Crippen molar-refractivity contribution in [1.82, 2.24) is 9.88 Å². The Balaban J connectivity index is 1.64. The highest BCUT2D eigenvalue weighted by molar-refractivity contribution is 6.03. The van der Waals surface area contributed by atoms with Crippen molar-refractivity contribution < 1.29 is 42.1 Å². The van der Waals surface area contributed by atoms with Crippen LogP contribution in [0.1, 0.15) is 61.0 Å². The van der Waals surface area contributed by atoms with Gasteiger partial charge in [0.2, 0.25) is 11.8 Å². The van der Waals surface area contributed by atoms with Crippen molar-refractivity contribution in [2.75, 3.05) is 44.9 Å². The molecule has 230 valence electrons. The molecule has 1 atom stereocenters. The van der Waals surface area contributed by atoms with Gasteiger partial charge in [0.25, 0.3) is 0 Å². The predicted molar refractivity (Wildman–Crippen MR) is 149 cm³/mol. The number of carboxylic acids is 1. The van der Waals surface area contributed by atoms with E-state index < -0.39 is 29.6 Å². The smallest absolute Gasteiger partial charge is 0.421 e. The number of nitrogens with zero attached hydrogens (tertiary/aromatic N) is 3. The van der Waals surface area contributed by atoms with Crippen molar-refractivity contribution in [2.24, 2.45) is 11.8 Å². The van der Waals surface area contributed by atoms with Crippen LogP contribution in [0.2, 0.25) is 0 Å². The van der Waals surface area contributed by atoms with Gasteiger partial charge in [-0.15, -0.1) is 0 Å². The number of rotatable bonds is 10. The monoisotopic (exact) mass is 593 g/mol. The quantitative estimate of drug-likeness (QED) is 0.379. The fourth-order valence-electron chi connectivity index (χ4n) is 5.55. The maximum absolute atomic E-state index is 14.0. The average molecular weight is 594 g/mol. The van der Waals surface area contributed by atoms with E-state index in [0.717, 1.165) is 25.0 Å². The second kappa shape index (κ2) is 13.8. The minimum atomic E-state index is -4.75. The Kier molecular flexibility index (Phi) is 10.4. The first-order chi connectivity index (χ1) is 20.0. The van der Waals surface area contributed by atoms with Crippen LogP contribution in [-0.2, 0) is 27.0 Å². The number of hydrogen-bond acceptors (Lipinski definition) is 7. The number of carboxylic acid groups (broad SMARTS) is 1. The number of morpholine rings is 1. The molecular formula is C30H38F3N3O6. The lowest BCUT2D eigenvalue weighted by atomic mass is 9.82. The van der Waals surface area contributed by atoms with Crippen molar-refractivity contribution in [3.8, 4) is 11.6 Å². The highest BCUT2D eigenvalue weighted by Crippen LogP contribution is 2.39. The Hall–Kier alpha value is -3.22. The number of carbonyl (C=O) groups is 2. The number of halogens is 3. The van der Waals surface area contributed by atoms with Crippen LogP contribution >= 0.6 is 0 Å². The molecule has 2 fully saturated rings. The molecule has 1 aromatic heterocycles. The van der Waals surface area contributed by atoms with E-state index in [1.165, 1.54) is 30.3 Å². The fourth-order valence-corrected chi connectivity index (χ4v) is 5.55. The number of amides is 1. The van der Waals surface area contributed by atoms with Crippen molar-refractivity contribution >= 4 is 17.6 Å². The van der Waals surface area contributed by atoms with Crippen molar-refractivity contribution in [1.29, 1.82) is 0 Å². The first-order valence-electron chi connectivity index (χ1n) is 14.2. The Bertz CT molecular complexity index is 1240. The lowest BCUT2D eigenvalue weighted by Gasteiger charge is -2.35. The summed E-state index contributed by atoms with van der Waals surface area (Å²) >= 11 is 0. The fraction of sp³-hybridized carbons (Fsp3) is 0.567. The van der Waals surface area contributed by atoms with E-state index in [9.17, 15) is 27.9 Å². The highest BCUT2D eigenvalue weighted by Gasteiger charge is 2.37. The molecule has 1 aliphatic carbocycles. The molecule has 1 N–H and O–H groups in total. The lowest BCUT2D eigenvalue weighted by Crippen LogP contribution is -2.46. The summed E-state index contributed by atoms with van der Waals surface area (Å²) in [5.41, 5.74) is -0.832. The van der Waals surface area contributed by atoms with Crippen LogP contribution in [0.4, 0.5) is 18.9 Å². The number of aromatic nitrogens is 1. The van der Waals surface area contributed by atoms with Gasteiger partial charge >= 0.3 is 12.1 Å². The van der Waals surface area contributed by atoms with Gasteiger partial charge in [-0.1, -0.05) is 6.92 Å². The van der Waals surface area contributed by atoms with Crippen LogP contribution in [0.5, 0.6) is 11.6 Å². The molecule has 42 heavy (non-hydrogen) atoms. The number of methoxy groups -OCH3 is 1. The molecule has 1 saturated carbocycles. The molecule has 0 bridgehead atoms. The van der Waals surface area contributed by atoms with Crippen molar-refractivity contribution in [3.63, 3.8) is 0 Å². The molecule has 2 heterocycles. The molecule has 0 radical (unpaired) electrons. The Morgan fingerprint density at radius 2 is 1.86 bits per heavy atom. The van der Waals surface area contributed by atoms with E-state index in [1.54, 1.807) is 6.92 Å². The third-order valence-electron chi connectivity index (χ3n) is 7.85. The van der Waals surface area contributed by atoms with Gasteiger partial charge in [0.1, 0.15) is 11.3 Å². The van der Waals surface area contributed by atoms with Gasteiger partial charge < -0.3 is 24.2 Å². The molecule has 12 heteroatoms. The first kappa shape index (κ1) is 31.7. The summed E-state index contributed by atoms with van der Waals surface area (Å²) in [4.78, 5) is 33.5. The molecular weight excluding hydrogens is 555 g/mol. The molecule has 1 aliphatic heterocycles. The number of ether oxygens (including phenoxy) is 3. The number of pyridine rings is 1. The van der Waals surface area contributed by atoms with E-state index >= 15 is 0 Å². The molecule has 1 saturated heterocycles. The molecule has 4 rings (SSSR count). The number of benzene rings is 1. The SMILES string of the molecule is COC[C@H](C)N(c1ccc(Oc2ncc(CN3CCOCC3)cc2C(F)(F)F)cc1C(=O)O)C(=O)[C@H]1CC[C@H](C)CC1. The maximum Gasteiger partial charge on any atom is 0.421 e. The molecule has 2 aliphatic rings. The zero-order chi connectivity index (χ0) is 30.4. The summed E-state index contributed by atoms with van der Waals surface area (Å²) in [7, 11) is 1.49. The molecule has 1 aromatic carbocycles. The molecule has 1 amide bonds. The minimum absolute atomic E-state index is 0.132. The van der Waals surface area contributed by atoms with Gasteiger partial charge in [0.15, 0.2) is 0 Å². The normalized spacial score (nSPS) is 20.6. The summed E-state index contributed by atoms with van der Waals surface area (Å²) < 4.78 is 58.2. The minimum Gasteiger partial charge on any atom is -0.478 e. The van der Waals surface area contributed by atoms with E-state index in [4.69, 9.17) is 14.2 Å². The topological polar surface area (TPSA) is 101 Å². The van der Waals surface area contributed by atoms with Crippen LogP contribution < -0.4 is 9.64 Å². The summed E-state index contributed by atoms with van der Waals surface area (Å²) in [6.45, 7) is 6.58. The third-order valence-corrected chi connectivity index (χ3v) is 7.85. The molecule has 9 nitrogen and oxygen atoms in total. The predicted octanol–water partition coefficient (Wildman–Crippen LogP) is 5.62. The standard InChI is InChI=1S/C30H38F3N3O6/c1-19-4-6-22(7-5-19)28(37)36(20(2)18-40-3)26-9-8-23(15-24(26)29(38)39)42-27-25(30(31,32)33)14-21(16-34-27)17-35-10-12-41-13-11-35/h8-9,14-16,19-20,22H,4-7,10-13,17-18H2,1-3H3,(H,38,39)/t19-,20-,22-/m0/s1. The summed E-state index contributed by atoms with van der Waals surface area (Å²) in [5, 5.41) is 10.1. The van der Waals surface area contributed by atoms with Crippen LogP contribution in [0.15, 0.2) is 30.5 Å². The third kappa shape index (κ3) is 7.78. The van der Waals surface area contributed by atoms with Crippen LogP contribution in [0.25, 0.3) is 0 Å². The number of anilines is 1. The van der Waals surface area contributed by atoms with Gasteiger partial charge in [0, 0.05) is 38.9 Å². The van der Waals surface area contributed by atoms with Gasteiger partial charge in [-0.3, -0.25) is 9.69 Å². The van der Waals surface area contributed by atoms with Crippen LogP contribution in [0.3, 0.4) is 0 Å². The van der Waals surface area contributed by atoms with E-state index in [1.807, 2.05) is 4.90 Å². The number of hydrogen-bond donors (Lipinski definition) is 1. The molecule has 0 unspecified atom stereocenters. The van der Waals surface area contributed by atoms with Gasteiger partial charge in [0.05, 0.1) is 37.1 Å². The number of aromatic carboxylic acids is 1. The number of alkyl halides is 3. The zero-order valence-corrected chi connectivity index (χ0v) is 24.2. The maximum atomic E-state index is 14.0. The highest BCUT2D eigenvalue weighted by atomic mass is 19.4. The summed E-state index contributed by atoms with van der Waals surface area (Å²) in [6.07, 6.45) is -0.220. The van der Waals surface area contributed by atoms with E-state index in [-0.39, 0.29) is 42.0 Å². The number of carbonyl (C=O) groups excluding carboxylic acids is 1. The summed E-state index contributed by atoms with van der Waals surface area (Å²) in [6, 6.07) is 4.40.